The van der Waals surface area contributed by atoms with E-state index in [1.165, 1.54) is 13.8 Å². The molecule has 0 unspecified atom stereocenters. The Balaban J connectivity index is 1.49. The number of alkyl halides is 1. The molecule has 2 fully saturated rings. The first-order valence-electron chi connectivity index (χ1n) is 12.0. The molecule has 0 saturated carbocycles. The maximum absolute atomic E-state index is 15.4. The number of ether oxygens (including phenoxy) is 1. The number of rotatable bonds is 6. The van der Waals surface area contributed by atoms with Crippen molar-refractivity contribution < 1.29 is 23.8 Å². The summed E-state index contributed by atoms with van der Waals surface area (Å²) >= 11 is 0. The number of carbonyl (C=O) groups is 2. The van der Waals surface area contributed by atoms with Gasteiger partial charge in [0.2, 0.25) is 5.91 Å². The smallest absolute Gasteiger partial charge is 0.264 e. The van der Waals surface area contributed by atoms with Gasteiger partial charge in [0, 0.05) is 42.7 Å². The number of halogens is 1. The van der Waals surface area contributed by atoms with Crippen molar-refractivity contribution in [2.75, 3.05) is 23.0 Å². The topological polar surface area (TPSA) is 70.1 Å². The Kier molecular flexibility index (Phi) is 5.52. The third kappa shape index (κ3) is 3.36. The van der Waals surface area contributed by atoms with E-state index in [0.29, 0.717) is 13.0 Å². The lowest BCUT2D eigenvalue weighted by Gasteiger charge is -2.32. The van der Waals surface area contributed by atoms with Crippen LogP contribution in [0.5, 0.6) is 0 Å². The second kappa shape index (κ2) is 8.17. The number of para-hydroxylation sites is 1. The zero-order valence-corrected chi connectivity index (χ0v) is 19.8. The summed E-state index contributed by atoms with van der Waals surface area (Å²) in [6, 6.07) is 15.2. The normalized spacial score (nSPS) is 28.6. The third-order valence-corrected chi connectivity index (χ3v) is 7.72. The van der Waals surface area contributed by atoms with E-state index >= 15 is 4.39 Å². The van der Waals surface area contributed by atoms with Crippen LogP contribution in [0.2, 0.25) is 0 Å². The van der Waals surface area contributed by atoms with Crippen molar-refractivity contribution >= 4 is 23.2 Å². The molecule has 2 saturated heterocycles. The number of hydrogen-bond donors (Lipinski definition) is 1. The van der Waals surface area contributed by atoms with Gasteiger partial charge in [0.1, 0.15) is 5.67 Å². The summed E-state index contributed by atoms with van der Waals surface area (Å²) in [5.74, 6) is -1.03. The Morgan fingerprint density at radius 3 is 2.44 bits per heavy atom. The number of carbonyl (C=O) groups excluding carboxylic acids is 2. The summed E-state index contributed by atoms with van der Waals surface area (Å²) in [7, 11) is 0. The molecule has 4 atom stereocenters. The fraction of sp³-hybridized carbons (Fsp3) is 0.481. The van der Waals surface area contributed by atoms with E-state index in [4.69, 9.17) is 4.74 Å². The van der Waals surface area contributed by atoms with Crippen molar-refractivity contribution in [2.45, 2.75) is 57.5 Å². The van der Waals surface area contributed by atoms with Crippen LogP contribution in [0.15, 0.2) is 48.5 Å². The quantitative estimate of drug-likeness (QED) is 0.655. The van der Waals surface area contributed by atoms with E-state index in [9.17, 15) is 14.7 Å². The van der Waals surface area contributed by atoms with Crippen molar-refractivity contribution in [1.82, 2.24) is 0 Å². The van der Waals surface area contributed by atoms with E-state index in [-0.39, 0.29) is 24.8 Å². The van der Waals surface area contributed by atoms with Gasteiger partial charge in [-0.15, -0.1) is 0 Å². The van der Waals surface area contributed by atoms with Gasteiger partial charge in [-0.2, -0.15) is 0 Å². The maximum Gasteiger partial charge on any atom is 0.264 e. The summed E-state index contributed by atoms with van der Waals surface area (Å²) < 4.78 is 21.8. The summed E-state index contributed by atoms with van der Waals surface area (Å²) in [5, 5.41) is 9.61. The average molecular weight is 467 g/mol. The lowest BCUT2D eigenvalue weighted by atomic mass is 9.71. The second-order valence-electron chi connectivity index (χ2n) is 10.2. The second-order valence-corrected chi connectivity index (χ2v) is 10.2. The predicted octanol–water partition coefficient (Wildman–Crippen LogP) is 3.95. The summed E-state index contributed by atoms with van der Waals surface area (Å²) in [5.41, 5.74) is 0.449. The highest BCUT2D eigenvalue weighted by molar-refractivity contribution is 6.07. The number of benzene rings is 2. The van der Waals surface area contributed by atoms with E-state index in [0.717, 1.165) is 29.0 Å². The van der Waals surface area contributed by atoms with Crippen LogP contribution in [0.25, 0.3) is 0 Å². The fourth-order valence-electron chi connectivity index (χ4n) is 6.11. The van der Waals surface area contributed by atoms with Crippen molar-refractivity contribution in [3.05, 3.63) is 59.7 Å². The summed E-state index contributed by atoms with van der Waals surface area (Å²) in [4.78, 5) is 29.3. The Bertz CT molecular complexity index is 1110. The third-order valence-electron chi connectivity index (χ3n) is 7.72. The molecule has 3 aliphatic heterocycles. The number of fused-ring (bicyclic) bond motifs is 2. The number of hydrogen-bond acceptors (Lipinski definition) is 4. The van der Waals surface area contributed by atoms with Gasteiger partial charge in [-0.05, 0) is 44.0 Å². The number of aliphatic hydroxyl groups excluding tert-OH is 1. The van der Waals surface area contributed by atoms with Gasteiger partial charge in [0.15, 0.2) is 5.60 Å². The molecule has 6 nitrogen and oxygen atoms in total. The molecule has 0 bridgehead atoms. The first-order valence-corrected chi connectivity index (χ1v) is 12.0. The first-order chi connectivity index (χ1) is 16.2. The number of nitrogens with zero attached hydrogens (tertiary/aromatic N) is 2. The van der Waals surface area contributed by atoms with Crippen LogP contribution in [-0.2, 0) is 26.5 Å². The summed E-state index contributed by atoms with van der Waals surface area (Å²) in [6.07, 6.45) is 0.288. The zero-order valence-electron chi connectivity index (χ0n) is 19.8. The SMILES string of the molecule is C[C@H]1[C@H](C(C)(C)F)[C@@H](CCO)O[C@]12C(=O)N(Cc1ccc(N3CCC3=O)cc1)c1ccccc12. The van der Waals surface area contributed by atoms with Crippen LogP contribution in [-0.4, -0.2) is 41.8 Å². The molecule has 2 aromatic carbocycles. The number of amides is 2. The van der Waals surface area contributed by atoms with Crippen LogP contribution in [0.4, 0.5) is 15.8 Å². The molecule has 1 N–H and O–H groups in total. The molecule has 5 rings (SSSR count). The van der Waals surface area contributed by atoms with Gasteiger partial charge in [-0.1, -0.05) is 37.3 Å². The highest BCUT2D eigenvalue weighted by atomic mass is 19.1. The van der Waals surface area contributed by atoms with Crippen LogP contribution >= 0.6 is 0 Å². The number of anilines is 2. The minimum absolute atomic E-state index is 0.119. The van der Waals surface area contributed by atoms with Crippen molar-refractivity contribution in [3.63, 3.8) is 0 Å². The molecule has 2 aromatic rings. The molecular formula is C27H31FN2O4. The van der Waals surface area contributed by atoms with Crippen LogP contribution in [0, 0.1) is 11.8 Å². The Morgan fingerprint density at radius 1 is 1.15 bits per heavy atom. The van der Waals surface area contributed by atoms with Crippen LogP contribution in [0.1, 0.15) is 44.7 Å². The number of aliphatic hydroxyl groups is 1. The molecule has 3 aliphatic rings. The minimum Gasteiger partial charge on any atom is -0.396 e. The van der Waals surface area contributed by atoms with E-state index < -0.39 is 29.2 Å². The first kappa shape index (κ1) is 23.0. The van der Waals surface area contributed by atoms with Gasteiger partial charge < -0.3 is 19.6 Å². The highest BCUT2D eigenvalue weighted by Gasteiger charge is 2.65. The van der Waals surface area contributed by atoms with Crippen molar-refractivity contribution in [2.24, 2.45) is 11.8 Å². The molecule has 7 heteroatoms. The molecule has 0 radical (unpaired) electrons. The largest absolute Gasteiger partial charge is 0.396 e. The van der Waals surface area contributed by atoms with Crippen LogP contribution < -0.4 is 9.80 Å². The maximum atomic E-state index is 15.4. The average Bonchev–Trinajstić information content (AvgIpc) is 3.21. The molecular weight excluding hydrogens is 435 g/mol. The fourth-order valence-corrected chi connectivity index (χ4v) is 6.11. The van der Waals surface area contributed by atoms with Crippen molar-refractivity contribution in [1.29, 1.82) is 0 Å². The monoisotopic (exact) mass is 466 g/mol. The van der Waals surface area contributed by atoms with Gasteiger partial charge in [-0.25, -0.2) is 4.39 Å². The Labute approximate surface area is 199 Å². The number of β-lactam (4-membered cyclic amide) rings is 1. The zero-order chi connectivity index (χ0) is 24.3. The van der Waals surface area contributed by atoms with Crippen LogP contribution in [0.3, 0.4) is 0 Å². The molecule has 180 valence electrons. The Morgan fingerprint density at radius 2 is 1.85 bits per heavy atom. The highest BCUT2D eigenvalue weighted by Crippen LogP contribution is 2.58. The van der Waals surface area contributed by atoms with E-state index in [1.54, 1.807) is 9.80 Å². The lowest BCUT2D eigenvalue weighted by molar-refractivity contribution is -0.146. The van der Waals surface area contributed by atoms with E-state index in [1.807, 2.05) is 55.5 Å². The summed E-state index contributed by atoms with van der Waals surface area (Å²) in [6.45, 7) is 5.88. The lowest BCUT2D eigenvalue weighted by Crippen LogP contribution is -2.45. The molecule has 1 spiro atoms. The van der Waals surface area contributed by atoms with E-state index in [2.05, 4.69) is 0 Å². The van der Waals surface area contributed by atoms with Gasteiger partial charge in [0.05, 0.1) is 18.3 Å². The molecule has 0 aromatic heterocycles. The van der Waals surface area contributed by atoms with Gasteiger partial charge in [-0.3, -0.25) is 9.59 Å². The molecule has 3 heterocycles. The van der Waals surface area contributed by atoms with Gasteiger partial charge in [0.25, 0.3) is 5.91 Å². The van der Waals surface area contributed by atoms with Crippen molar-refractivity contribution in [3.8, 4) is 0 Å². The standard InChI is InChI=1S/C27H31FN2O4/c1-17-24(26(2,3)28)22(13-15-31)34-27(17)20-6-4-5-7-21(20)30(25(27)33)16-18-8-10-19(11-9-18)29-14-12-23(29)32/h4-11,17,22,24,31H,12-16H2,1-3H3/t17-,22+,24-,27+/m0/s1. The predicted molar refractivity (Wildman–Crippen MR) is 127 cm³/mol. The Hall–Kier alpha value is -2.77. The minimum atomic E-state index is -1.57. The van der Waals surface area contributed by atoms with Gasteiger partial charge >= 0.3 is 0 Å². The molecule has 2 amide bonds. The molecule has 0 aliphatic carbocycles. The molecule has 34 heavy (non-hydrogen) atoms.